The summed E-state index contributed by atoms with van der Waals surface area (Å²) in [7, 11) is -6.90. The van der Waals surface area contributed by atoms with E-state index >= 15 is 0 Å². The third-order valence-electron chi connectivity index (χ3n) is 5.03. The SMILES string of the molecule is Cc1cccc(S(=O)(=O)C2(C)CCOC(c3ccc(S(C)(=O)=O)cn3)C2)c1. The molecule has 0 saturated carbocycles. The molecule has 6 nitrogen and oxygen atoms in total. The number of hydrogen-bond donors (Lipinski definition) is 0. The fraction of sp³-hybridized carbons (Fsp3) is 0.421. The third kappa shape index (κ3) is 3.93. The molecule has 1 aromatic carbocycles. The molecule has 0 N–H and O–H groups in total. The summed E-state index contributed by atoms with van der Waals surface area (Å²) in [4.78, 5) is 4.64. The summed E-state index contributed by atoms with van der Waals surface area (Å²) in [6.45, 7) is 3.90. The van der Waals surface area contributed by atoms with Crippen molar-refractivity contribution < 1.29 is 21.6 Å². The van der Waals surface area contributed by atoms with Crippen molar-refractivity contribution in [2.75, 3.05) is 12.9 Å². The molecule has 0 radical (unpaired) electrons. The lowest BCUT2D eigenvalue weighted by Crippen LogP contribution is -2.42. The maximum Gasteiger partial charge on any atom is 0.184 e. The number of sulfone groups is 2. The van der Waals surface area contributed by atoms with Crippen molar-refractivity contribution in [1.82, 2.24) is 4.98 Å². The number of rotatable bonds is 4. The Morgan fingerprint density at radius 2 is 1.85 bits per heavy atom. The van der Waals surface area contributed by atoms with Gasteiger partial charge in [-0.05, 0) is 56.5 Å². The highest BCUT2D eigenvalue weighted by atomic mass is 32.2. The number of benzene rings is 1. The molecule has 146 valence electrons. The average Bonchev–Trinajstić information content (AvgIpc) is 2.61. The number of hydrogen-bond acceptors (Lipinski definition) is 6. The van der Waals surface area contributed by atoms with E-state index in [0.717, 1.165) is 11.8 Å². The van der Waals surface area contributed by atoms with E-state index in [1.165, 1.54) is 12.3 Å². The van der Waals surface area contributed by atoms with Crippen molar-refractivity contribution >= 4 is 19.7 Å². The van der Waals surface area contributed by atoms with Gasteiger partial charge in [0.2, 0.25) is 0 Å². The van der Waals surface area contributed by atoms with Gasteiger partial charge in [0, 0.05) is 19.1 Å². The standard InChI is InChI=1S/C19H23NO5S2/c1-14-5-4-6-15(11-14)27(23,24)19(2)9-10-25-18(12-19)17-8-7-16(13-20-17)26(3,21)22/h4-8,11,13,18H,9-10,12H2,1-3H3. The van der Waals surface area contributed by atoms with Crippen LogP contribution in [0.25, 0.3) is 0 Å². The molecule has 1 aromatic heterocycles. The van der Waals surface area contributed by atoms with E-state index in [2.05, 4.69) is 4.98 Å². The maximum absolute atomic E-state index is 13.3. The van der Waals surface area contributed by atoms with Gasteiger partial charge in [0.15, 0.2) is 19.7 Å². The zero-order valence-corrected chi connectivity index (χ0v) is 17.2. The molecule has 0 aliphatic carbocycles. The van der Waals surface area contributed by atoms with Crippen LogP contribution in [0.4, 0.5) is 0 Å². The summed E-state index contributed by atoms with van der Waals surface area (Å²) in [6, 6.07) is 9.98. The van der Waals surface area contributed by atoms with E-state index in [-0.39, 0.29) is 11.3 Å². The van der Waals surface area contributed by atoms with E-state index in [1.807, 2.05) is 13.0 Å². The van der Waals surface area contributed by atoms with Crippen LogP contribution in [0.3, 0.4) is 0 Å². The summed E-state index contributed by atoms with van der Waals surface area (Å²) in [6.07, 6.45) is 2.55. The van der Waals surface area contributed by atoms with E-state index in [1.54, 1.807) is 31.2 Å². The van der Waals surface area contributed by atoms with Crippen LogP contribution in [0.15, 0.2) is 52.4 Å². The van der Waals surface area contributed by atoms with Crippen molar-refractivity contribution in [3.63, 3.8) is 0 Å². The maximum atomic E-state index is 13.3. The van der Waals surface area contributed by atoms with Crippen molar-refractivity contribution in [3.05, 3.63) is 53.9 Å². The lowest BCUT2D eigenvalue weighted by Gasteiger charge is -2.37. The van der Waals surface area contributed by atoms with E-state index in [4.69, 9.17) is 4.74 Å². The van der Waals surface area contributed by atoms with Crippen LogP contribution in [0, 0.1) is 6.92 Å². The smallest absolute Gasteiger partial charge is 0.184 e. The second-order valence-electron chi connectivity index (χ2n) is 7.27. The van der Waals surface area contributed by atoms with E-state index in [0.29, 0.717) is 23.6 Å². The van der Waals surface area contributed by atoms with Crippen LogP contribution in [0.1, 0.15) is 37.1 Å². The Hall–Kier alpha value is -1.77. The number of ether oxygens (including phenoxy) is 1. The summed E-state index contributed by atoms with van der Waals surface area (Å²) < 4.78 is 54.5. The Morgan fingerprint density at radius 3 is 2.44 bits per heavy atom. The van der Waals surface area contributed by atoms with Crippen LogP contribution in [0.2, 0.25) is 0 Å². The highest BCUT2D eigenvalue weighted by Crippen LogP contribution is 2.41. The van der Waals surface area contributed by atoms with Gasteiger partial charge in [-0.25, -0.2) is 16.8 Å². The van der Waals surface area contributed by atoms with Gasteiger partial charge in [0.1, 0.15) is 6.10 Å². The zero-order valence-electron chi connectivity index (χ0n) is 15.5. The molecule has 3 rings (SSSR count). The van der Waals surface area contributed by atoms with Crippen LogP contribution in [0.5, 0.6) is 0 Å². The molecule has 1 saturated heterocycles. The zero-order chi connectivity index (χ0) is 19.9. The second kappa shape index (κ2) is 7.00. The summed E-state index contributed by atoms with van der Waals surface area (Å²) in [5.74, 6) is 0. The highest BCUT2D eigenvalue weighted by molar-refractivity contribution is 7.92. The first kappa shape index (κ1) is 20.0. The van der Waals surface area contributed by atoms with Crippen molar-refractivity contribution in [2.45, 2.75) is 47.3 Å². The predicted octanol–water partition coefficient (Wildman–Crippen LogP) is 2.88. The number of aromatic nitrogens is 1. The Kier molecular flexibility index (Phi) is 5.18. The Morgan fingerprint density at radius 1 is 1.11 bits per heavy atom. The van der Waals surface area contributed by atoms with Crippen molar-refractivity contribution in [2.24, 2.45) is 0 Å². The van der Waals surface area contributed by atoms with Crippen LogP contribution < -0.4 is 0 Å². The second-order valence-corrected chi connectivity index (χ2v) is 11.8. The first-order valence-electron chi connectivity index (χ1n) is 8.62. The molecule has 1 aliphatic rings. The number of pyridine rings is 1. The Labute approximate surface area is 160 Å². The highest BCUT2D eigenvalue weighted by Gasteiger charge is 2.45. The third-order valence-corrected chi connectivity index (χ3v) is 8.67. The van der Waals surface area contributed by atoms with Crippen LogP contribution in [-0.4, -0.2) is 39.4 Å². The number of aryl methyl sites for hydroxylation is 1. The average molecular weight is 410 g/mol. The molecule has 0 spiro atoms. The molecule has 2 aromatic rings. The van der Waals surface area contributed by atoms with Gasteiger partial charge in [-0.3, -0.25) is 4.98 Å². The van der Waals surface area contributed by atoms with Crippen LogP contribution in [-0.2, 0) is 24.4 Å². The minimum Gasteiger partial charge on any atom is -0.372 e. The first-order valence-corrected chi connectivity index (χ1v) is 12.0. The largest absolute Gasteiger partial charge is 0.372 e. The van der Waals surface area contributed by atoms with Crippen molar-refractivity contribution in [1.29, 1.82) is 0 Å². The molecule has 2 atom stereocenters. The van der Waals surface area contributed by atoms with Gasteiger partial charge in [-0.15, -0.1) is 0 Å². The minimum atomic E-state index is -3.56. The van der Waals surface area contributed by atoms with E-state index in [9.17, 15) is 16.8 Å². The van der Waals surface area contributed by atoms with Gasteiger partial charge < -0.3 is 4.74 Å². The monoisotopic (exact) mass is 409 g/mol. The van der Waals surface area contributed by atoms with Crippen molar-refractivity contribution in [3.8, 4) is 0 Å². The molecule has 1 fully saturated rings. The molecule has 2 unspecified atom stereocenters. The predicted molar refractivity (Wildman–Crippen MR) is 102 cm³/mol. The summed E-state index contributed by atoms with van der Waals surface area (Å²) in [5.41, 5.74) is 1.43. The van der Waals surface area contributed by atoms with Crippen LogP contribution >= 0.6 is 0 Å². The fourth-order valence-electron chi connectivity index (χ4n) is 3.27. The molecular formula is C19H23NO5S2. The van der Waals surface area contributed by atoms with Gasteiger partial charge in [-0.1, -0.05) is 12.1 Å². The molecule has 0 amide bonds. The number of nitrogens with zero attached hydrogens (tertiary/aromatic N) is 1. The molecule has 2 heterocycles. The molecule has 0 bridgehead atoms. The normalized spacial score (nSPS) is 23.9. The molecule has 8 heteroatoms. The summed E-state index contributed by atoms with van der Waals surface area (Å²) in [5, 5.41) is 0. The van der Waals surface area contributed by atoms with Gasteiger partial charge >= 0.3 is 0 Å². The topological polar surface area (TPSA) is 90.4 Å². The fourth-order valence-corrected chi connectivity index (χ4v) is 5.72. The Bertz CT molecular complexity index is 1050. The molecular weight excluding hydrogens is 386 g/mol. The lowest BCUT2D eigenvalue weighted by molar-refractivity contribution is -0.00223. The molecule has 1 aliphatic heterocycles. The lowest BCUT2D eigenvalue weighted by atomic mass is 9.94. The first-order chi connectivity index (χ1) is 12.5. The Balaban J connectivity index is 1.91. The quantitative estimate of drug-likeness (QED) is 0.771. The van der Waals surface area contributed by atoms with Gasteiger partial charge in [0.25, 0.3) is 0 Å². The molecule has 27 heavy (non-hydrogen) atoms. The minimum absolute atomic E-state index is 0.122. The van der Waals surface area contributed by atoms with Gasteiger partial charge in [-0.2, -0.15) is 0 Å². The van der Waals surface area contributed by atoms with E-state index < -0.39 is 30.5 Å². The summed E-state index contributed by atoms with van der Waals surface area (Å²) >= 11 is 0. The van der Waals surface area contributed by atoms with Gasteiger partial charge in [0.05, 0.1) is 20.2 Å².